The first kappa shape index (κ1) is 12.4. The van der Waals surface area contributed by atoms with Gasteiger partial charge in [0.15, 0.2) is 0 Å². The molecule has 0 fully saturated rings. The Morgan fingerprint density at radius 3 is 2.15 bits per heavy atom. The van der Waals surface area contributed by atoms with Crippen LogP contribution in [0.1, 0.15) is 34.1 Å². The lowest BCUT2D eigenvalue weighted by Crippen LogP contribution is -2.44. The minimum atomic E-state index is -0.752. The van der Waals surface area contributed by atoms with E-state index in [9.17, 15) is 4.79 Å². The zero-order valence-electron chi connectivity index (χ0n) is 9.24. The van der Waals surface area contributed by atoms with Gasteiger partial charge in [-0.25, -0.2) is 0 Å². The number of hydrogen-bond donors (Lipinski definition) is 1. The molecule has 3 unspecified atom stereocenters. The molecule has 0 aromatic carbocycles. The summed E-state index contributed by atoms with van der Waals surface area (Å²) < 4.78 is 0. The maximum absolute atomic E-state index is 10.7. The first-order valence-corrected chi connectivity index (χ1v) is 4.86. The van der Waals surface area contributed by atoms with Crippen molar-refractivity contribution in [3.63, 3.8) is 0 Å². The van der Waals surface area contributed by atoms with Crippen LogP contribution in [0.2, 0.25) is 0 Å². The zero-order valence-corrected chi connectivity index (χ0v) is 9.24. The molecule has 0 heterocycles. The average Bonchev–Trinajstić information content (AvgIpc) is 2.12. The van der Waals surface area contributed by atoms with Crippen LogP contribution < -0.4 is 0 Å². The van der Waals surface area contributed by atoms with Crippen molar-refractivity contribution in [2.24, 2.45) is 5.92 Å². The summed E-state index contributed by atoms with van der Waals surface area (Å²) in [6.45, 7) is 8.07. The summed E-state index contributed by atoms with van der Waals surface area (Å²) in [6.07, 6.45) is 1.08. The molecule has 0 radical (unpaired) electrons. The SMILES string of the molecule is CCC(C)C(C)N(C)C(C)C(=O)O. The van der Waals surface area contributed by atoms with Gasteiger partial charge in [-0.2, -0.15) is 0 Å². The molecule has 0 aromatic heterocycles. The molecule has 0 spiro atoms. The number of aliphatic carboxylic acids is 1. The number of rotatable bonds is 5. The topological polar surface area (TPSA) is 40.5 Å². The summed E-state index contributed by atoms with van der Waals surface area (Å²) >= 11 is 0. The summed E-state index contributed by atoms with van der Waals surface area (Å²) in [4.78, 5) is 12.6. The van der Waals surface area contributed by atoms with Gasteiger partial charge in [0.25, 0.3) is 0 Å². The van der Waals surface area contributed by atoms with Crippen LogP contribution in [0.4, 0.5) is 0 Å². The number of carboxylic acids is 1. The number of carbonyl (C=O) groups is 1. The number of carboxylic acid groups (broad SMARTS) is 1. The largest absolute Gasteiger partial charge is 0.480 e. The third-order valence-corrected chi connectivity index (χ3v) is 3.08. The van der Waals surface area contributed by atoms with Crippen LogP contribution in [0, 0.1) is 5.92 Å². The van der Waals surface area contributed by atoms with E-state index in [1.165, 1.54) is 0 Å². The Bertz CT molecular complexity index is 170. The van der Waals surface area contributed by atoms with Crippen LogP contribution in [0.25, 0.3) is 0 Å². The first-order valence-electron chi connectivity index (χ1n) is 4.86. The van der Waals surface area contributed by atoms with Crippen LogP contribution >= 0.6 is 0 Å². The second kappa shape index (κ2) is 5.22. The van der Waals surface area contributed by atoms with Crippen LogP contribution in [0.5, 0.6) is 0 Å². The fraction of sp³-hybridized carbons (Fsp3) is 0.900. The van der Waals surface area contributed by atoms with Crippen molar-refractivity contribution in [2.75, 3.05) is 7.05 Å². The normalized spacial score (nSPS) is 18.3. The molecule has 3 atom stereocenters. The molecule has 0 aliphatic carbocycles. The Morgan fingerprint density at radius 2 is 1.85 bits per heavy atom. The lowest BCUT2D eigenvalue weighted by atomic mass is 9.98. The zero-order chi connectivity index (χ0) is 10.6. The fourth-order valence-corrected chi connectivity index (χ4v) is 1.27. The molecular formula is C10H21NO2. The highest BCUT2D eigenvalue weighted by atomic mass is 16.4. The average molecular weight is 187 g/mol. The van der Waals surface area contributed by atoms with E-state index in [-0.39, 0.29) is 0 Å². The van der Waals surface area contributed by atoms with Gasteiger partial charge in [0, 0.05) is 6.04 Å². The van der Waals surface area contributed by atoms with E-state index >= 15 is 0 Å². The molecule has 13 heavy (non-hydrogen) atoms. The summed E-state index contributed by atoms with van der Waals surface area (Å²) in [5.74, 6) is -0.218. The smallest absolute Gasteiger partial charge is 0.320 e. The van der Waals surface area contributed by atoms with Crippen LogP contribution in [-0.2, 0) is 4.79 Å². The molecule has 0 rings (SSSR count). The molecule has 0 saturated carbocycles. The molecule has 3 nitrogen and oxygen atoms in total. The van der Waals surface area contributed by atoms with Gasteiger partial charge in [0.1, 0.15) is 6.04 Å². The highest BCUT2D eigenvalue weighted by molar-refractivity contribution is 5.72. The molecule has 0 amide bonds. The van der Waals surface area contributed by atoms with Gasteiger partial charge in [-0.1, -0.05) is 20.3 Å². The number of likely N-dealkylation sites (N-methyl/N-ethyl adjacent to an activating group) is 1. The quantitative estimate of drug-likeness (QED) is 0.713. The molecule has 0 aromatic rings. The Morgan fingerprint density at radius 1 is 1.38 bits per heavy atom. The predicted octanol–water partition coefficient (Wildman–Crippen LogP) is 1.83. The first-order chi connectivity index (χ1) is 5.91. The highest BCUT2D eigenvalue weighted by Gasteiger charge is 2.24. The summed E-state index contributed by atoms with van der Waals surface area (Å²) in [5, 5.41) is 8.81. The van der Waals surface area contributed by atoms with E-state index in [0.717, 1.165) is 6.42 Å². The maximum atomic E-state index is 10.7. The Balaban J connectivity index is 4.24. The Kier molecular flexibility index (Phi) is 4.99. The van der Waals surface area contributed by atoms with Gasteiger partial charge < -0.3 is 5.11 Å². The van der Waals surface area contributed by atoms with Crippen LogP contribution in [0.3, 0.4) is 0 Å². The Hall–Kier alpha value is -0.570. The van der Waals surface area contributed by atoms with Gasteiger partial charge in [-0.15, -0.1) is 0 Å². The van der Waals surface area contributed by atoms with Crippen molar-refractivity contribution in [3.8, 4) is 0 Å². The van der Waals surface area contributed by atoms with Gasteiger partial charge in [0.05, 0.1) is 0 Å². The standard InChI is InChI=1S/C10H21NO2/c1-6-7(2)8(3)11(5)9(4)10(12)13/h7-9H,6H2,1-5H3,(H,12,13). The van der Waals surface area contributed by atoms with Gasteiger partial charge in [0.2, 0.25) is 0 Å². The van der Waals surface area contributed by atoms with E-state index in [2.05, 4.69) is 20.8 Å². The second-order valence-corrected chi connectivity index (χ2v) is 3.81. The minimum Gasteiger partial charge on any atom is -0.480 e. The number of nitrogens with zero attached hydrogens (tertiary/aromatic N) is 1. The summed E-state index contributed by atoms with van der Waals surface area (Å²) in [6, 6.07) is -0.0832. The van der Waals surface area contributed by atoms with Crippen molar-refractivity contribution in [3.05, 3.63) is 0 Å². The van der Waals surface area contributed by atoms with Gasteiger partial charge in [-0.3, -0.25) is 9.69 Å². The molecule has 0 bridgehead atoms. The highest BCUT2D eigenvalue weighted by Crippen LogP contribution is 2.14. The van der Waals surface area contributed by atoms with Crippen molar-refractivity contribution in [1.82, 2.24) is 4.90 Å². The van der Waals surface area contributed by atoms with Gasteiger partial charge >= 0.3 is 5.97 Å². The molecule has 0 aliphatic heterocycles. The third kappa shape index (κ3) is 3.35. The van der Waals surface area contributed by atoms with E-state index in [1.807, 2.05) is 11.9 Å². The second-order valence-electron chi connectivity index (χ2n) is 3.81. The van der Waals surface area contributed by atoms with Crippen molar-refractivity contribution >= 4 is 5.97 Å². The molecule has 78 valence electrons. The monoisotopic (exact) mass is 187 g/mol. The summed E-state index contributed by atoms with van der Waals surface area (Å²) in [7, 11) is 1.87. The van der Waals surface area contributed by atoms with Crippen molar-refractivity contribution in [2.45, 2.75) is 46.2 Å². The fourth-order valence-electron chi connectivity index (χ4n) is 1.27. The Labute approximate surface area is 80.7 Å². The van der Waals surface area contributed by atoms with Crippen molar-refractivity contribution < 1.29 is 9.90 Å². The molecule has 0 saturated heterocycles. The third-order valence-electron chi connectivity index (χ3n) is 3.08. The molecule has 3 heteroatoms. The minimum absolute atomic E-state index is 0.316. The summed E-state index contributed by atoms with van der Waals surface area (Å²) in [5.41, 5.74) is 0. The predicted molar refractivity (Wildman–Crippen MR) is 53.8 cm³/mol. The molecule has 0 aliphatic rings. The maximum Gasteiger partial charge on any atom is 0.320 e. The van der Waals surface area contributed by atoms with Crippen LogP contribution in [0.15, 0.2) is 0 Å². The van der Waals surface area contributed by atoms with Crippen LogP contribution in [-0.4, -0.2) is 35.1 Å². The molecule has 1 N–H and O–H groups in total. The van der Waals surface area contributed by atoms with Gasteiger partial charge in [-0.05, 0) is 26.8 Å². The molecular weight excluding hydrogens is 166 g/mol. The van der Waals surface area contributed by atoms with Crippen molar-refractivity contribution in [1.29, 1.82) is 0 Å². The number of hydrogen-bond acceptors (Lipinski definition) is 2. The lowest BCUT2D eigenvalue weighted by molar-refractivity contribution is -0.143. The van der Waals surface area contributed by atoms with E-state index in [4.69, 9.17) is 5.11 Å². The van der Waals surface area contributed by atoms with E-state index < -0.39 is 12.0 Å². The van der Waals surface area contributed by atoms with E-state index in [1.54, 1.807) is 6.92 Å². The van der Waals surface area contributed by atoms with E-state index in [0.29, 0.717) is 12.0 Å². The lowest BCUT2D eigenvalue weighted by Gasteiger charge is -2.32.